The molecule has 402 valence electrons. The Hall–Kier alpha value is -9.10. The molecule has 0 heterocycles. The third kappa shape index (κ3) is 6.55. The Bertz CT molecular complexity index is 5420. The molecule has 0 nitrogen and oxygen atoms in total. The van der Waals surface area contributed by atoms with Gasteiger partial charge in [-0.2, -0.15) is 0 Å². The molecule has 4 aliphatic rings. The van der Waals surface area contributed by atoms with Crippen LogP contribution in [-0.2, 0) is 21.7 Å². The van der Waals surface area contributed by atoms with Gasteiger partial charge in [-0.25, -0.2) is 0 Å². The molecule has 17 rings (SSSR count). The van der Waals surface area contributed by atoms with Crippen LogP contribution in [0.2, 0.25) is 0 Å². The van der Waals surface area contributed by atoms with Gasteiger partial charge < -0.3 is 0 Å². The van der Waals surface area contributed by atoms with Gasteiger partial charge in [-0.05, 0) is 220 Å². The molecular weight excluding hydrogens is 1010 g/mol. The fourth-order valence-corrected chi connectivity index (χ4v) is 16.4. The number of benzene rings is 13. The zero-order valence-electron chi connectivity index (χ0n) is 49.8. The summed E-state index contributed by atoms with van der Waals surface area (Å²) in [6.45, 7) is 23.9. The van der Waals surface area contributed by atoms with E-state index in [0.29, 0.717) is 0 Å². The van der Waals surface area contributed by atoms with E-state index in [2.05, 4.69) is 288 Å². The molecule has 0 atom stereocenters. The molecule has 4 aliphatic carbocycles. The Morgan fingerprint density at radius 2 is 0.655 bits per heavy atom. The molecule has 0 saturated carbocycles. The van der Waals surface area contributed by atoms with Crippen molar-refractivity contribution in [3.05, 3.63) is 294 Å². The van der Waals surface area contributed by atoms with Crippen molar-refractivity contribution in [3.8, 4) is 66.8 Å². The first-order chi connectivity index (χ1) is 40.5. The summed E-state index contributed by atoms with van der Waals surface area (Å²) in [6.07, 6.45) is 0. The minimum atomic E-state index is -0.154. The first kappa shape index (κ1) is 49.5. The molecular formula is C84H66. The molecule has 0 aromatic heterocycles. The predicted octanol–water partition coefficient (Wildman–Crippen LogP) is 21.9. The van der Waals surface area contributed by atoms with E-state index in [-0.39, 0.29) is 21.7 Å². The minimum absolute atomic E-state index is 0.0212. The number of hydrogen-bond acceptors (Lipinski definition) is 0. The molecule has 0 spiro atoms. The van der Waals surface area contributed by atoms with Gasteiger partial charge in [-0.15, -0.1) is 0 Å². The van der Waals surface area contributed by atoms with Gasteiger partial charge in [0.1, 0.15) is 0 Å². The first-order valence-corrected chi connectivity index (χ1v) is 30.4. The molecule has 0 aliphatic heterocycles. The number of rotatable bonds is 4. The highest BCUT2D eigenvalue weighted by atomic mass is 14.4. The van der Waals surface area contributed by atoms with Gasteiger partial charge in [-0.3, -0.25) is 0 Å². The Morgan fingerprint density at radius 1 is 0.274 bits per heavy atom. The van der Waals surface area contributed by atoms with Crippen molar-refractivity contribution >= 4 is 43.1 Å². The monoisotopic (exact) mass is 1070 g/mol. The van der Waals surface area contributed by atoms with Gasteiger partial charge in [0, 0.05) is 10.8 Å². The summed E-state index contributed by atoms with van der Waals surface area (Å²) in [5.41, 5.74) is 23.6. The maximum Gasteiger partial charge on any atom is 0.0159 e. The lowest BCUT2D eigenvalue weighted by Gasteiger charge is -2.27. The largest absolute Gasteiger partial charge is 0.0622 e. The second-order valence-electron chi connectivity index (χ2n) is 27.9. The second-order valence-corrected chi connectivity index (χ2v) is 27.9. The molecule has 84 heavy (non-hydrogen) atoms. The van der Waals surface area contributed by atoms with E-state index in [1.807, 2.05) is 0 Å². The number of hydrogen-bond donors (Lipinski definition) is 0. The highest BCUT2D eigenvalue weighted by Gasteiger charge is 2.38. The molecule has 13 aromatic carbocycles. The highest BCUT2D eigenvalue weighted by molar-refractivity contribution is 6.14. The van der Waals surface area contributed by atoms with E-state index < -0.39 is 0 Å². The number of fused-ring (bicyclic) bond motifs is 11. The molecule has 0 fully saturated rings. The van der Waals surface area contributed by atoms with Crippen LogP contribution in [0.3, 0.4) is 0 Å². The molecule has 0 unspecified atom stereocenters. The molecule has 0 amide bonds. The van der Waals surface area contributed by atoms with Crippen molar-refractivity contribution in [1.29, 1.82) is 0 Å². The summed E-state index contributed by atoms with van der Waals surface area (Å²) in [7, 11) is 0. The van der Waals surface area contributed by atoms with Gasteiger partial charge >= 0.3 is 0 Å². The second kappa shape index (κ2) is 16.8. The van der Waals surface area contributed by atoms with Crippen LogP contribution in [0, 0.1) is 41.7 Å². The van der Waals surface area contributed by atoms with Gasteiger partial charge in [0.05, 0.1) is 0 Å². The topological polar surface area (TPSA) is 0 Å². The summed E-state index contributed by atoms with van der Waals surface area (Å²) in [4.78, 5) is 0. The van der Waals surface area contributed by atoms with Crippen molar-refractivity contribution in [2.75, 3.05) is 0 Å². The summed E-state index contributed by atoms with van der Waals surface area (Å²) in [5, 5.41) is 21.1. The summed E-state index contributed by atoms with van der Waals surface area (Å²) < 4.78 is 0. The Morgan fingerprint density at radius 3 is 1.08 bits per heavy atom. The first-order valence-electron chi connectivity index (χ1n) is 30.4. The van der Waals surface area contributed by atoms with E-state index in [1.165, 1.54) is 185 Å². The maximum absolute atomic E-state index is 2.58. The van der Waals surface area contributed by atoms with E-state index >= 15 is 0 Å². The molecule has 13 aromatic rings. The van der Waals surface area contributed by atoms with Crippen LogP contribution in [0.5, 0.6) is 0 Å². The summed E-state index contributed by atoms with van der Waals surface area (Å²) in [6, 6.07) is 85.2. The van der Waals surface area contributed by atoms with E-state index in [1.54, 1.807) is 0 Å². The van der Waals surface area contributed by atoms with Gasteiger partial charge in [0.2, 0.25) is 0 Å². The van der Waals surface area contributed by atoms with E-state index in [0.717, 1.165) is 0 Å². The Balaban J connectivity index is 1.10. The van der Waals surface area contributed by atoms with E-state index in [9.17, 15) is 0 Å². The smallest absolute Gasteiger partial charge is 0.0159 e. The van der Waals surface area contributed by atoms with Crippen molar-refractivity contribution in [2.45, 2.75) is 90.9 Å². The summed E-state index contributed by atoms with van der Waals surface area (Å²) >= 11 is 0. The predicted molar refractivity (Wildman–Crippen MR) is 354 cm³/mol. The normalized spacial score (nSPS) is 14.5. The third-order valence-electron chi connectivity index (χ3n) is 20.4. The molecule has 0 bridgehead atoms. The summed E-state index contributed by atoms with van der Waals surface area (Å²) in [5.74, 6) is 0. The van der Waals surface area contributed by atoms with Crippen molar-refractivity contribution in [2.24, 2.45) is 0 Å². The SMILES string of the molecule is CC(C)(C)c1cc(C(C)(C)C)c2cc3c(-c4ccccc4)c4c(c(-c5ccccc5)c3cc2c1)=c1ccc2c3c(ccc=4c13)=c1c(-c3ccc4c(c3)C(C)(C)c3ccccc3-4)c3ccccc3c(-c3ccc4c(c3)C(C)(C)c3ccccc3-4)c1=2. The van der Waals surface area contributed by atoms with Crippen molar-refractivity contribution in [3.63, 3.8) is 0 Å². The Kier molecular flexibility index (Phi) is 9.90. The zero-order chi connectivity index (χ0) is 57.1. The van der Waals surface area contributed by atoms with Gasteiger partial charge in [-0.1, -0.05) is 263 Å². The third-order valence-corrected chi connectivity index (χ3v) is 20.4. The average Bonchev–Trinajstić information content (AvgIpc) is 1.52. The lowest BCUT2D eigenvalue weighted by Crippen LogP contribution is -2.16. The van der Waals surface area contributed by atoms with Gasteiger partial charge in [0.15, 0.2) is 0 Å². The van der Waals surface area contributed by atoms with E-state index in [4.69, 9.17) is 0 Å². The van der Waals surface area contributed by atoms with Crippen LogP contribution in [-0.4, -0.2) is 0 Å². The molecule has 0 N–H and O–H groups in total. The van der Waals surface area contributed by atoms with Crippen LogP contribution in [0.1, 0.15) is 103 Å². The van der Waals surface area contributed by atoms with Gasteiger partial charge in [0.25, 0.3) is 0 Å². The van der Waals surface area contributed by atoms with Crippen LogP contribution in [0.15, 0.2) is 218 Å². The maximum atomic E-state index is 2.58. The fraction of sp³-hybridized carbons (Fsp3) is 0.167. The molecule has 0 radical (unpaired) electrons. The van der Waals surface area contributed by atoms with Crippen LogP contribution in [0.4, 0.5) is 0 Å². The van der Waals surface area contributed by atoms with Crippen molar-refractivity contribution < 1.29 is 0 Å². The molecule has 0 heteroatoms. The van der Waals surface area contributed by atoms with Crippen LogP contribution in [0.25, 0.3) is 110 Å². The minimum Gasteiger partial charge on any atom is -0.0622 e. The lowest BCUT2D eigenvalue weighted by molar-refractivity contribution is 0.573. The van der Waals surface area contributed by atoms with Crippen molar-refractivity contribution in [1.82, 2.24) is 0 Å². The lowest BCUT2D eigenvalue weighted by atomic mass is 9.77. The highest BCUT2D eigenvalue weighted by Crippen LogP contribution is 2.54. The fourth-order valence-electron chi connectivity index (χ4n) is 16.4. The standard InChI is InChI=1S/C84H66/c1-81(2,3)52-41-51-42-64-65(46-63(51)68(45-52)82(4,5)6)72(48-25-15-12-16-26-48)78-60-38-40-62-76-61(39-37-59(75(60)76)77(78)71(64)47-23-13-11-14-24-47)79-73(49-33-35-55-53-27-19-21-31-66(53)83(7,8)69(55)43-49)57-29-17-18-30-58(57)74(80(62)79)50-34-36-56-54-28-20-22-32-67(54)84(9,10)70(56)44-50/h11-46H,1-10H3. The van der Waals surface area contributed by atoms with Crippen LogP contribution < -0.4 is 0 Å². The quantitative estimate of drug-likeness (QED) is 0.154. The molecule has 0 saturated heterocycles. The van der Waals surface area contributed by atoms with Crippen LogP contribution >= 0.6 is 0 Å². The average molecular weight is 1080 g/mol. The zero-order valence-corrected chi connectivity index (χ0v) is 49.8. The Labute approximate surface area is 491 Å².